The van der Waals surface area contributed by atoms with Gasteiger partial charge in [-0.05, 0) is 23.8 Å². The minimum Gasteiger partial charge on any atom is -0.485 e. The van der Waals surface area contributed by atoms with Crippen molar-refractivity contribution >= 4 is 29.4 Å². The maximum absolute atomic E-state index is 12.6. The number of nitrogens with one attached hydrogen (secondary N) is 2. The van der Waals surface area contributed by atoms with Gasteiger partial charge in [0.05, 0.1) is 5.02 Å². The molecule has 0 radical (unpaired) electrons. The van der Waals surface area contributed by atoms with E-state index in [0.717, 1.165) is 30.6 Å². The number of carbonyl (C=O) groups is 2. The van der Waals surface area contributed by atoms with Crippen molar-refractivity contribution in [2.24, 2.45) is 0 Å². The minimum atomic E-state index is -0.290. The summed E-state index contributed by atoms with van der Waals surface area (Å²) in [5.41, 5.74) is 1.28. The number of pyridine rings is 1. The average Bonchev–Trinajstić information content (AvgIpc) is 3.07. The van der Waals surface area contributed by atoms with Crippen molar-refractivity contribution in [2.75, 3.05) is 25.5 Å². The second-order valence-electron chi connectivity index (χ2n) is 7.12. The summed E-state index contributed by atoms with van der Waals surface area (Å²) in [7, 11) is 1.56. The predicted molar refractivity (Wildman–Crippen MR) is 106 cm³/mol. The van der Waals surface area contributed by atoms with Gasteiger partial charge in [-0.25, -0.2) is 9.78 Å². The fraction of sp³-hybridized carbons (Fsp3) is 0.350. The van der Waals surface area contributed by atoms with Crippen molar-refractivity contribution < 1.29 is 14.3 Å². The maximum atomic E-state index is 12.6. The standard InChI is InChI=1S/C20H21ClN4O3/c1-22-18(26)13-5-8-23-16(11-13)24-19(27)25-9-6-20(7-10-25)12-14-3-2-4-15(21)17(14)28-20/h2-5,8,11H,6-7,9-10,12H2,1H3,(H,22,26)(H,23,24,27). The molecule has 3 heterocycles. The molecule has 0 atom stereocenters. The van der Waals surface area contributed by atoms with Gasteiger partial charge < -0.3 is 15.0 Å². The van der Waals surface area contributed by atoms with Crippen LogP contribution in [0.25, 0.3) is 0 Å². The third-order valence-corrected chi connectivity index (χ3v) is 5.62. The van der Waals surface area contributed by atoms with E-state index in [1.807, 2.05) is 18.2 Å². The van der Waals surface area contributed by atoms with Gasteiger partial charge >= 0.3 is 6.03 Å². The van der Waals surface area contributed by atoms with Crippen molar-refractivity contribution in [3.05, 3.63) is 52.7 Å². The molecule has 1 fully saturated rings. The number of anilines is 1. The summed E-state index contributed by atoms with van der Waals surface area (Å²) < 4.78 is 6.22. The highest BCUT2D eigenvalue weighted by Crippen LogP contribution is 2.44. The summed E-state index contributed by atoms with van der Waals surface area (Å²) >= 11 is 6.25. The quantitative estimate of drug-likeness (QED) is 0.811. The van der Waals surface area contributed by atoms with Gasteiger partial charge in [-0.15, -0.1) is 0 Å². The summed E-state index contributed by atoms with van der Waals surface area (Å²) in [6.07, 6.45) is 3.78. The van der Waals surface area contributed by atoms with Gasteiger partial charge in [-0.1, -0.05) is 23.7 Å². The molecule has 1 aromatic carbocycles. The van der Waals surface area contributed by atoms with Crippen molar-refractivity contribution in [2.45, 2.75) is 24.9 Å². The van der Waals surface area contributed by atoms with Crippen molar-refractivity contribution in [3.63, 3.8) is 0 Å². The maximum Gasteiger partial charge on any atom is 0.323 e. The van der Waals surface area contributed by atoms with Crippen LogP contribution in [0.15, 0.2) is 36.5 Å². The van der Waals surface area contributed by atoms with Gasteiger partial charge in [0.15, 0.2) is 0 Å². The fourth-order valence-corrected chi connectivity index (χ4v) is 4.01. The Labute approximate surface area is 168 Å². The van der Waals surface area contributed by atoms with Gasteiger partial charge in [-0.2, -0.15) is 0 Å². The van der Waals surface area contributed by atoms with E-state index in [1.165, 1.54) is 6.20 Å². The lowest BCUT2D eigenvalue weighted by Crippen LogP contribution is -2.50. The van der Waals surface area contributed by atoms with Crippen LogP contribution in [-0.4, -0.2) is 47.6 Å². The SMILES string of the molecule is CNC(=O)c1ccnc(NC(=O)N2CCC3(CC2)Cc2cccc(Cl)c2O3)c1. The van der Waals surface area contributed by atoms with Crippen LogP contribution in [-0.2, 0) is 6.42 Å². The molecule has 1 spiro atoms. The third-order valence-electron chi connectivity index (χ3n) is 5.33. The summed E-state index contributed by atoms with van der Waals surface area (Å²) in [6.45, 7) is 1.15. The molecule has 2 N–H and O–H groups in total. The van der Waals surface area contributed by atoms with Crippen LogP contribution < -0.4 is 15.4 Å². The van der Waals surface area contributed by atoms with Gasteiger partial charge in [0.2, 0.25) is 0 Å². The number of aromatic nitrogens is 1. The Morgan fingerprint density at radius 1 is 1.25 bits per heavy atom. The van der Waals surface area contributed by atoms with Crippen molar-refractivity contribution in [1.82, 2.24) is 15.2 Å². The number of benzene rings is 1. The highest BCUT2D eigenvalue weighted by atomic mass is 35.5. The molecule has 2 aromatic rings. The molecule has 0 unspecified atom stereocenters. The number of rotatable bonds is 2. The van der Waals surface area contributed by atoms with Crippen molar-refractivity contribution in [1.29, 1.82) is 0 Å². The number of fused-ring (bicyclic) bond motifs is 1. The van der Waals surface area contributed by atoms with Crippen LogP contribution >= 0.6 is 11.6 Å². The van der Waals surface area contributed by atoms with Crippen LogP contribution in [0.4, 0.5) is 10.6 Å². The first-order valence-electron chi connectivity index (χ1n) is 9.20. The Morgan fingerprint density at radius 3 is 2.75 bits per heavy atom. The molecule has 3 amide bonds. The molecule has 0 aliphatic carbocycles. The molecule has 2 aliphatic rings. The van der Waals surface area contributed by atoms with Crippen LogP contribution in [0.3, 0.4) is 0 Å². The number of nitrogens with zero attached hydrogens (tertiary/aromatic N) is 2. The first-order valence-corrected chi connectivity index (χ1v) is 9.58. The topological polar surface area (TPSA) is 83.6 Å². The Bertz CT molecular complexity index is 925. The Hall–Kier alpha value is -2.80. The molecule has 7 nitrogen and oxygen atoms in total. The number of urea groups is 1. The number of likely N-dealkylation sites (tertiary alicyclic amines) is 1. The molecule has 1 aromatic heterocycles. The Balaban J connectivity index is 1.38. The molecule has 4 rings (SSSR count). The van der Waals surface area contributed by atoms with Crippen LogP contribution in [0, 0.1) is 0 Å². The van der Waals surface area contributed by atoms with E-state index in [9.17, 15) is 9.59 Å². The van der Waals surface area contributed by atoms with Gasteiger partial charge in [-0.3, -0.25) is 10.1 Å². The van der Waals surface area contributed by atoms with Crippen LogP contribution in [0.5, 0.6) is 5.75 Å². The molecule has 146 valence electrons. The second kappa shape index (κ2) is 7.31. The highest BCUT2D eigenvalue weighted by Gasteiger charge is 2.43. The summed E-state index contributed by atoms with van der Waals surface area (Å²) in [5, 5.41) is 5.96. The number of carbonyl (C=O) groups excluding carboxylic acids is 2. The van der Waals surface area contributed by atoms with E-state index in [2.05, 4.69) is 15.6 Å². The third kappa shape index (κ3) is 3.49. The Kier molecular flexibility index (Phi) is 4.85. The lowest BCUT2D eigenvalue weighted by Gasteiger charge is -2.38. The molecule has 28 heavy (non-hydrogen) atoms. The van der Waals surface area contributed by atoms with Gasteiger partial charge in [0.1, 0.15) is 17.2 Å². The highest BCUT2D eigenvalue weighted by molar-refractivity contribution is 6.32. The lowest BCUT2D eigenvalue weighted by molar-refractivity contribution is 0.0320. The van der Waals surface area contributed by atoms with E-state index in [0.29, 0.717) is 29.5 Å². The average molecular weight is 401 g/mol. The summed E-state index contributed by atoms with van der Waals surface area (Å²) in [5.74, 6) is 0.898. The predicted octanol–water partition coefficient (Wildman–Crippen LogP) is 3.10. The zero-order chi connectivity index (χ0) is 19.7. The normalized spacial score (nSPS) is 17.0. The number of hydrogen-bond donors (Lipinski definition) is 2. The number of para-hydroxylation sites is 1. The first kappa shape index (κ1) is 18.6. The smallest absolute Gasteiger partial charge is 0.323 e. The number of piperidine rings is 1. The molecule has 1 saturated heterocycles. The molecule has 8 heteroatoms. The van der Waals surface area contributed by atoms with Crippen LogP contribution in [0.2, 0.25) is 5.02 Å². The van der Waals surface area contributed by atoms with E-state index in [-0.39, 0.29) is 17.5 Å². The largest absolute Gasteiger partial charge is 0.485 e. The second-order valence-corrected chi connectivity index (χ2v) is 7.52. The van der Waals surface area contributed by atoms with Gasteiger partial charge in [0, 0.05) is 51.2 Å². The number of hydrogen-bond acceptors (Lipinski definition) is 4. The molecular weight excluding hydrogens is 380 g/mol. The molecule has 2 aliphatic heterocycles. The lowest BCUT2D eigenvalue weighted by atomic mass is 9.87. The van der Waals surface area contributed by atoms with Crippen molar-refractivity contribution in [3.8, 4) is 5.75 Å². The zero-order valence-electron chi connectivity index (χ0n) is 15.5. The van der Waals surface area contributed by atoms with Gasteiger partial charge in [0.25, 0.3) is 5.91 Å². The number of halogens is 1. The monoisotopic (exact) mass is 400 g/mol. The molecular formula is C20H21ClN4O3. The fourth-order valence-electron chi connectivity index (χ4n) is 3.78. The Morgan fingerprint density at radius 2 is 2.04 bits per heavy atom. The van der Waals surface area contributed by atoms with E-state index in [1.54, 1.807) is 24.1 Å². The van der Waals surface area contributed by atoms with E-state index in [4.69, 9.17) is 16.3 Å². The number of amides is 3. The van der Waals surface area contributed by atoms with E-state index < -0.39 is 0 Å². The van der Waals surface area contributed by atoms with Crippen LogP contribution in [0.1, 0.15) is 28.8 Å². The summed E-state index contributed by atoms with van der Waals surface area (Å²) in [4.78, 5) is 30.2. The number of ether oxygens (including phenoxy) is 1. The first-order chi connectivity index (χ1) is 13.5. The summed E-state index contributed by atoms with van der Waals surface area (Å²) in [6, 6.07) is 8.74. The minimum absolute atomic E-state index is 0.227. The molecule has 0 bridgehead atoms. The van der Waals surface area contributed by atoms with E-state index >= 15 is 0 Å². The molecule has 0 saturated carbocycles. The zero-order valence-corrected chi connectivity index (χ0v) is 16.3.